The normalized spacial score (nSPS) is 30.1. The maximum absolute atomic E-state index is 11.3. The van der Waals surface area contributed by atoms with E-state index < -0.39 is 0 Å². The van der Waals surface area contributed by atoms with Gasteiger partial charge in [0.25, 0.3) is 0 Å². The van der Waals surface area contributed by atoms with E-state index in [0.29, 0.717) is 12.3 Å². The maximum atomic E-state index is 11.3. The lowest BCUT2D eigenvalue weighted by atomic mass is 9.80. The molecule has 1 N–H and O–H groups in total. The zero-order valence-corrected chi connectivity index (χ0v) is 8.42. The fourth-order valence-corrected chi connectivity index (χ4v) is 2.63. The van der Waals surface area contributed by atoms with Gasteiger partial charge in [-0.05, 0) is 18.8 Å². The lowest BCUT2D eigenvalue weighted by Crippen LogP contribution is -2.47. The van der Waals surface area contributed by atoms with E-state index >= 15 is 0 Å². The Morgan fingerprint density at radius 2 is 1.79 bits per heavy atom. The molecule has 0 spiro atoms. The van der Waals surface area contributed by atoms with Crippen molar-refractivity contribution in [1.82, 2.24) is 5.32 Å². The third-order valence-corrected chi connectivity index (χ3v) is 3.37. The first kappa shape index (κ1) is 9.69. The highest BCUT2D eigenvalue weighted by molar-refractivity contribution is 6.00. The van der Waals surface area contributed by atoms with Gasteiger partial charge in [-0.25, -0.2) is 0 Å². The molecule has 1 amide bonds. The van der Waals surface area contributed by atoms with E-state index in [1.54, 1.807) is 0 Å². The van der Waals surface area contributed by atoms with Crippen molar-refractivity contribution in [2.45, 2.75) is 51.0 Å². The Balaban J connectivity index is 1.95. The molecule has 0 radical (unpaired) electrons. The largest absolute Gasteiger partial charge is 0.352 e. The highest BCUT2D eigenvalue weighted by Gasteiger charge is 2.31. The first-order chi connectivity index (χ1) is 6.75. The van der Waals surface area contributed by atoms with E-state index in [-0.39, 0.29) is 24.2 Å². The molecule has 2 rings (SSSR count). The molecule has 2 fully saturated rings. The zero-order chi connectivity index (χ0) is 9.97. The molecule has 1 saturated carbocycles. The van der Waals surface area contributed by atoms with Gasteiger partial charge in [-0.15, -0.1) is 0 Å². The summed E-state index contributed by atoms with van der Waals surface area (Å²) in [5.74, 6) is 0.595. The minimum absolute atomic E-state index is 0.0724. The molecule has 2 aliphatic rings. The van der Waals surface area contributed by atoms with Crippen LogP contribution in [0.2, 0.25) is 0 Å². The van der Waals surface area contributed by atoms with Crippen LogP contribution in [0.4, 0.5) is 0 Å². The summed E-state index contributed by atoms with van der Waals surface area (Å²) in [7, 11) is 0. The van der Waals surface area contributed by atoms with Crippen LogP contribution >= 0.6 is 0 Å². The van der Waals surface area contributed by atoms with Crippen molar-refractivity contribution in [2.24, 2.45) is 5.92 Å². The van der Waals surface area contributed by atoms with Crippen LogP contribution in [0.25, 0.3) is 0 Å². The van der Waals surface area contributed by atoms with Crippen molar-refractivity contribution in [3.05, 3.63) is 0 Å². The fourth-order valence-electron chi connectivity index (χ4n) is 2.63. The lowest BCUT2D eigenvalue weighted by Gasteiger charge is -2.32. The van der Waals surface area contributed by atoms with Crippen molar-refractivity contribution in [2.75, 3.05) is 0 Å². The Morgan fingerprint density at radius 1 is 1.07 bits per heavy atom. The molecule has 1 heterocycles. The molecule has 3 heteroatoms. The summed E-state index contributed by atoms with van der Waals surface area (Å²) in [5.41, 5.74) is 0. The molecule has 1 unspecified atom stereocenters. The predicted octanol–water partition coefficient (Wildman–Crippen LogP) is 1.41. The summed E-state index contributed by atoms with van der Waals surface area (Å²) in [6, 6.07) is 0.143. The van der Waals surface area contributed by atoms with Crippen LogP contribution in [0.5, 0.6) is 0 Å². The molecule has 0 aromatic rings. The van der Waals surface area contributed by atoms with E-state index in [1.165, 1.54) is 32.1 Å². The Labute approximate surface area is 84.2 Å². The number of piperidine rings is 1. The topological polar surface area (TPSA) is 46.2 Å². The third kappa shape index (κ3) is 2.14. The van der Waals surface area contributed by atoms with Gasteiger partial charge < -0.3 is 5.32 Å². The zero-order valence-electron chi connectivity index (χ0n) is 8.42. The summed E-state index contributed by atoms with van der Waals surface area (Å²) in [5, 5.41) is 2.96. The number of hydrogen-bond acceptors (Lipinski definition) is 2. The van der Waals surface area contributed by atoms with Crippen molar-refractivity contribution >= 4 is 11.7 Å². The number of Topliss-reactive ketones (excluding diaryl/α,β-unsaturated/α-hetero) is 1. The Hall–Kier alpha value is -0.860. The van der Waals surface area contributed by atoms with Gasteiger partial charge in [-0.1, -0.05) is 19.3 Å². The van der Waals surface area contributed by atoms with Gasteiger partial charge in [0.15, 0.2) is 0 Å². The van der Waals surface area contributed by atoms with Crippen molar-refractivity contribution in [3.63, 3.8) is 0 Å². The van der Waals surface area contributed by atoms with Gasteiger partial charge in [0, 0.05) is 12.5 Å². The lowest BCUT2D eigenvalue weighted by molar-refractivity contribution is -0.132. The third-order valence-electron chi connectivity index (χ3n) is 3.37. The Morgan fingerprint density at radius 3 is 2.43 bits per heavy atom. The number of hydrogen-bond donors (Lipinski definition) is 1. The predicted molar refractivity (Wildman–Crippen MR) is 52.7 cm³/mol. The number of carbonyl (C=O) groups is 2. The maximum Gasteiger partial charge on any atom is 0.227 e. The molecule has 1 atom stereocenters. The van der Waals surface area contributed by atoms with Crippen LogP contribution in [-0.2, 0) is 9.59 Å². The fraction of sp³-hybridized carbons (Fsp3) is 0.818. The van der Waals surface area contributed by atoms with Gasteiger partial charge in [0.2, 0.25) is 5.91 Å². The van der Waals surface area contributed by atoms with Gasteiger partial charge in [-0.3, -0.25) is 9.59 Å². The Bertz CT molecular complexity index is 228. The van der Waals surface area contributed by atoms with Crippen LogP contribution in [-0.4, -0.2) is 17.7 Å². The highest BCUT2D eigenvalue weighted by Crippen LogP contribution is 2.29. The SMILES string of the molecule is O=C1CC(=O)NC(C2CCCCC2)C1. The second kappa shape index (κ2) is 4.11. The minimum Gasteiger partial charge on any atom is -0.352 e. The average Bonchev–Trinajstić information content (AvgIpc) is 2.18. The molecule has 0 aromatic carbocycles. The molecule has 1 aliphatic heterocycles. The van der Waals surface area contributed by atoms with Crippen molar-refractivity contribution in [3.8, 4) is 0 Å². The average molecular weight is 195 g/mol. The molecule has 0 aromatic heterocycles. The van der Waals surface area contributed by atoms with E-state index in [2.05, 4.69) is 5.32 Å². The summed E-state index contributed by atoms with van der Waals surface area (Å²) in [6.45, 7) is 0. The van der Waals surface area contributed by atoms with Crippen LogP contribution in [0.1, 0.15) is 44.9 Å². The standard InChI is InChI=1S/C11H17NO2/c13-9-6-10(12-11(14)7-9)8-4-2-1-3-5-8/h8,10H,1-7H2,(H,12,14). The molecule has 0 bridgehead atoms. The first-order valence-corrected chi connectivity index (χ1v) is 5.57. The molecule has 78 valence electrons. The van der Waals surface area contributed by atoms with Crippen LogP contribution < -0.4 is 5.32 Å². The van der Waals surface area contributed by atoms with E-state index in [0.717, 1.165) is 0 Å². The smallest absolute Gasteiger partial charge is 0.227 e. The van der Waals surface area contributed by atoms with E-state index in [9.17, 15) is 9.59 Å². The van der Waals surface area contributed by atoms with Crippen LogP contribution in [0, 0.1) is 5.92 Å². The molecule has 1 saturated heterocycles. The Kier molecular flexibility index (Phi) is 2.85. The number of ketones is 1. The molecule has 1 aliphatic carbocycles. The number of rotatable bonds is 1. The minimum atomic E-state index is -0.0724. The summed E-state index contributed by atoms with van der Waals surface area (Å²) in [4.78, 5) is 22.5. The summed E-state index contributed by atoms with van der Waals surface area (Å²) >= 11 is 0. The van der Waals surface area contributed by atoms with E-state index in [1.807, 2.05) is 0 Å². The molecule has 14 heavy (non-hydrogen) atoms. The van der Waals surface area contributed by atoms with Gasteiger partial charge in [-0.2, -0.15) is 0 Å². The summed E-state index contributed by atoms with van der Waals surface area (Å²) < 4.78 is 0. The van der Waals surface area contributed by atoms with Crippen molar-refractivity contribution in [1.29, 1.82) is 0 Å². The molecular weight excluding hydrogens is 178 g/mol. The highest BCUT2D eigenvalue weighted by atomic mass is 16.2. The molecule has 3 nitrogen and oxygen atoms in total. The van der Waals surface area contributed by atoms with Crippen molar-refractivity contribution < 1.29 is 9.59 Å². The van der Waals surface area contributed by atoms with E-state index in [4.69, 9.17) is 0 Å². The number of carbonyl (C=O) groups excluding carboxylic acids is 2. The molecular formula is C11H17NO2. The van der Waals surface area contributed by atoms with Gasteiger partial charge >= 0.3 is 0 Å². The van der Waals surface area contributed by atoms with Gasteiger partial charge in [0.1, 0.15) is 5.78 Å². The quantitative estimate of drug-likeness (QED) is 0.643. The van der Waals surface area contributed by atoms with Gasteiger partial charge in [0.05, 0.1) is 6.42 Å². The van der Waals surface area contributed by atoms with Crippen LogP contribution in [0.3, 0.4) is 0 Å². The monoisotopic (exact) mass is 195 g/mol. The first-order valence-electron chi connectivity index (χ1n) is 5.57. The number of nitrogens with one attached hydrogen (secondary N) is 1. The van der Waals surface area contributed by atoms with Crippen LogP contribution in [0.15, 0.2) is 0 Å². The second-order valence-corrected chi connectivity index (χ2v) is 4.49. The summed E-state index contributed by atoms with van der Waals surface area (Å²) in [6.07, 6.45) is 6.84. The second-order valence-electron chi connectivity index (χ2n) is 4.49. The number of amides is 1.